The molecule has 3 rings (SSSR count). The molecule has 4 nitrogen and oxygen atoms in total. The summed E-state index contributed by atoms with van der Waals surface area (Å²) in [5.74, 6) is 1.29. The van der Waals surface area contributed by atoms with Crippen molar-refractivity contribution < 1.29 is 14.6 Å². The summed E-state index contributed by atoms with van der Waals surface area (Å²) < 4.78 is 11.3. The van der Waals surface area contributed by atoms with E-state index >= 15 is 0 Å². The summed E-state index contributed by atoms with van der Waals surface area (Å²) in [5, 5.41) is 10.8. The summed E-state index contributed by atoms with van der Waals surface area (Å²) in [5.41, 5.74) is 2.95. The lowest BCUT2D eigenvalue weighted by molar-refractivity contribution is 0.0201. The number of benzene rings is 1. The van der Waals surface area contributed by atoms with E-state index in [1.165, 1.54) is 18.4 Å². The Morgan fingerprint density at radius 1 is 1.15 bits per heavy atom. The molecule has 0 bridgehead atoms. The summed E-state index contributed by atoms with van der Waals surface area (Å²) >= 11 is 0. The van der Waals surface area contributed by atoms with E-state index in [0.29, 0.717) is 23.8 Å². The molecule has 0 spiro atoms. The molecule has 1 aromatic carbocycles. The van der Waals surface area contributed by atoms with Crippen LogP contribution in [0.25, 0.3) is 0 Å². The highest BCUT2D eigenvalue weighted by Gasteiger charge is 2.24. The first kappa shape index (κ1) is 19.1. The van der Waals surface area contributed by atoms with Crippen LogP contribution in [0.15, 0.2) is 42.7 Å². The molecule has 0 aliphatic heterocycles. The zero-order chi connectivity index (χ0) is 18.6. The highest BCUT2D eigenvalue weighted by atomic mass is 28.3. The smallest absolute Gasteiger partial charge is 0.189 e. The number of hydrogen-bond acceptors (Lipinski definition) is 4. The molecule has 1 unspecified atom stereocenters. The van der Waals surface area contributed by atoms with Crippen molar-refractivity contribution in [2.75, 3.05) is 13.4 Å². The predicted molar refractivity (Wildman–Crippen MR) is 106 cm³/mol. The number of nitrogens with zero attached hydrogens (tertiary/aromatic N) is 1. The van der Waals surface area contributed by atoms with Crippen LogP contribution in [-0.2, 0) is 4.74 Å². The van der Waals surface area contributed by atoms with Gasteiger partial charge in [-0.25, -0.2) is 0 Å². The van der Waals surface area contributed by atoms with E-state index in [4.69, 9.17) is 9.47 Å². The molecule has 0 amide bonds. The maximum Gasteiger partial charge on any atom is 0.189 e. The van der Waals surface area contributed by atoms with Gasteiger partial charge in [0.15, 0.2) is 6.79 Å². The van der Waals surface area contributed by atoms with Gasteiger partial charge >= 0.3 is 0 Å². The first-order valence-electron chi connectivity index (χ1n) is 9.36. The average Bonchev–Trinajstić information content (AvgIpc) is 3.45. The molecule has 0 saturated heterocycles. The Balaban J connectivity index is 1.60. The lowest BCUT2D eigenvalue weighted by Gasteiger charge is -2.18. The Kier molecular flexibility index (Phi) is 6.11. The van der Waals surface area contributed by atoms with Crippen LogP contribution in [-0.4, -0.2) is 31.6 Å². The van der Waals surface area contributed by atoms with Gasteiger partial charge in [0.1, 0.15) is 11.9 Å². The molecule has 1 atom stereocenters. The second kappa shape index (κ2) is 8.33. The Morgan fingerprint density at radius 2 is 1.88 bits per heavy atom. The number of aromatic nitrogens is 1. The Bertz CT molecular complexity index is 708. The van der Waals surface area contributed by atoms with E-state index in [-0.39, 0.29) is 6.79 Å². The van der Waals surface area contributed by atoms with Crippen molar-refractivity contribution in [3.05, 3.63) is 59.4 Å². The van der Waals surface area contributed by atoms with Crippen LogP contribution in [0, 0.1) is 0 Å². The standard InChI is InChI=1S/C21H29NO3Si/c1-26(2,3)13-12-24-15-25-20-14-22-11-10-19(20)21(23)18-8-6-17(7-9-18)16-4-5-16/h6-11,14,16,21,23H,4-5,12-13,15H2,1-3H3. The van der Waals surface area contributed by atoms with Gasteiger partial charge in [-0.3, -0.25) is 4.98 Å². The molecule has 2 aromatic rings. The summed E-state index contributed by atoms with van der Waals surface area (Å²) in [6.45, 7) is 7.84. The van der Waals surface area contributed by atoms with Crippen LogP contribution >= 0.6 is 0 Å². The monoisotopic (exact) mass is 371 g/mol. The molecular weight excluding hydrogens is 342 g/mol. The Hall–Kier alpha value is -1.69. The summed E-state index contributed by atoms with van der Waals surface area (Å²) in [6.07, 6.45) is 5.14. The van der Waals surface area contributed by atoms with E-state index in [0.717, 1.165) is 11.6 Å². The molecule has 1 aliphatic carbocycles. The van der Waals surface area contributed by atoms with E-state index in [1.807, 2.05) is 12.1 Å². The molecule has 26 heavy (non-hydrogen) atoms. The molecule has 1 heterocycles. The van der Waals surface area contributed by atoms with Gasteiger partial charge in [-0.05, 0) is 42.0 Å². The highest BCUT2D eigenvalue weighted by molar-refractivity contribution is 6.76. The fourth-order valence-electron chi connectivity index (χ4n) is 2.83. The van der Waals surface area contributed by atoms with Crippen molar-refractivity contribution in [1.82, 2.24) is 4.98 Å². The van der Waals surface area contributed by atoms with E-state index < -0.39 is 14.2 Å². The zero-order valence-corrected chi connectivity index (χ0v) is 16.9. The van der Waals surface area contributed by atoms with Gasteiger partial charge in [0.05, 0.1) is 6.20 Å². The molecule has 1 aromatic heterocycles. The second-order valence-electron chi connectivity index (χ2n) is 8.24. The number of aliphatic hydroxyl groups is 1. The first-order chi connectivity index (χ1) is 12.4. The van der Waals surface area contributed by atoms with Crippen molar-refractivity contribution in [3.8, 4) is 5.75 Å². The molecule has 1 fully saturated rings. The SMILES string of the molecule is C[Si](C)(C)CCOCOc1cnccc1C(O)c1ccc(C2CC2)cc1. The van der Waals surface area contributed by atoms with Crippen molar-refractivity contribution in [2.24, 2.45) is 0 Å². The van der Waals surface area contributed by atoms with Gasteiger partial charge in [-0.1, -0.05) is 43.9 Å². The number of ether oxygens (including phenoxy) is 2. The van der Waals surface area contributed by atoms with Crippen molar-refractivity contribution in [2.45, 2.75) is 50.5 Å². The normalized spacial score (nSPS) is 15.7. The quantitative estimate of drug-likeness (QED) is 0.393. The highest BCUT2D eigenvalue weighted by Crippen LogP contribution is 2.40. The minimum atomic E-state index is -1.10. The predicted octanol–water partition coefficient (Wildman–Crippen LogP) is 4.73. The van der Waals surface area contributed by atoms with Crippen LogP contribution < -0.4 is 4.74 Å². The van der Waals surface area contributed by atoms with Crippen LogP contribution in [0.4, 0.5) is 0 Å². The third-order valence-electron chi connectivity index (χ3n) is 4.71. The van der Waals surface area contributed by atoms with Crippen molar-refractivity contribution >= 4 is 8.07 Å². The minimum absolute atomic E-state index is 0.177. The fraction of sp³-hybridized carbons (Fsp3) is 0.476. The van der Waals surface area contributed by atoms with Gasteiger partial charge < -0.3 is 14.6 Å². The van der Waals surface area contributed by atoms with Crippen LogP contribution in [0.5, 0.6) is 5.75 Å². The van der Waals surface area contributed by atoms with Gasteiger partial charge in [-0.15, -0.1) is 0 Å². The lowest BCUT2D eigenvalue weighted by Crippen LogP contribution is -2.22. The van der Waals surface area contributed by atoms with Gasteiger partial charge in [0.25, 0.3) is 0 Å². The number of hydrogen-bond donors (Lipinski definition) is 1. The van der Waals surface area contributed by atoms with E-state index in [2.05, 4.69) is 36.8 Å². The molecule has 0 radical (unpaired) electrons. The molecular formula is C21H29NO3Si. The van der Waals surface area contributed by atoms with Crippen LogP contribution in [0.2, 0.25) is 25.7 Å². The third kappa shape index (κ3) is 5.40. The Morgan fingerprint density at radius 3 is 2.54 bits per heavy atom. The van der Waals surface area contributed by atoms with Gasteiger partial charge in [0, 0.05) is 26.4 Å². The summed E-state index contributed by atoms with van der Waals surface area (Å²) in [7, 11) is -1.10. The first-order valence-corrected chi connectivity index (χ1v) is 13.1. The largest absolute Gasteiger partial charge is 0.466 e. The van der Waals surface area contributed by atoms with Crippen LogP contribution in [0.3, 0.4) is 0 Å². The minimum Gasteiger partial charge on any atom is -0.466 e. The number of aliphatic hydroxyl groups excluding tert-OH is 1. The maximum atomic E-state index is 10.8. The van der Waals surface area contributed by atoms with E-state index in [9.17, 15) is 5.11 Å². The Labute approximate surface area is 157 Å². The number of pyridine rings is 1. The summed E-state index contributed by atoms with van der Waals surface area (Å²) in [6, 6.07) is 11.2. The maximum absolute atomic E-state index is 10.8. The molecule has 1 saturated carbocycles. The van der Waals surface area contributed by atoms with Gasteiger partial charge in [0.2, 0.25) is 0 Å². The van der Waals surface area contributed by atoms with Crippen molar-refractivity contribution in [3.63, 3.8) is 0 Å². The summed E-state index contributed by atoms with van der Waals surface area (Å²) in [4.78, 5) is 4.12. The lowest BCUT2D eigenvalue weighted by atomic mass is 9.99. The topological polar surface area (TPSA) is 51.6 Å². The van der Waals surface area contributed by atoms with Crippen LogP contribution in [0.1, 0.15) is 41.6 Å². The van der Waals surface area contributed by atoms with Crippen molar-refractivity contribution in [1.29, 1.82) is 0 Å². The molecule has 1 aliphatic rings. The van der Waals surface area contributed by atoms with Gasteiger partial charge in [-0.2, -0.15) is 0 Å². The zero-order valence-electron chi connectivity index (χ0n) is 15.9. The fourth-order valence-corrected chi connectivity index (χ4v) is 3.58. The third-order valence-corrected chi connectivity index (χ3v) is 6.41. The molecule has 5 heteroatoms. The van der Waals surface area contributed by atoms with E-state index in [1.54, 1.807) is 18.5 Å². The molecule has 1 N–H and O–H groups in total. The molecule has 140 valence electrons. The average molecular weight is 372 g/mol. The second-order valence-corrected chi connectivity index (χ2v) is 13.9. The number of rotatable bonds is 9.